The number of aromatic nitrogens is 2. The van der Waals surface area contributed by atoms with Crippen molar-refractivity contribution in [3.63, 3.8) is 0 Å². The Morgan fingerprint density at radius 1 is 1.27 bits per heavy atom. The van der Waals surface area contributed by atoms with Gasteiger partial charge in [0, 0.05) is 6.07 Å². The predicted molar refractivity (Wildman–Crippen MR) is 103 cm³/mol. The highest BCUT2D eigenvalue weighted by Gasteiger charge is 2.26. The van der Waals surface area contributed by atoms with Crippen LogP contribution < -0.4 is 4.72 Å². The number of nitrogens with zero attached hydrogens (tertiary/aromatic N) is 2. The maximum Gasteiger partial charge on any atom is 0.153 e. The van der Waals surface area contributed by atoms with Crippen LogP contribution in [0.15, 0.2) is 29.4 Å². The molecule has 2 aromatic rings. The summed E-state index contributed by atoms with van der Waals surface area (Å²) in [6, 6.07) is 2.65. The normalized spacial score (nSPS) is 14.3. The molecular formula is C17H20ClF2N3OS2. The second-order valence-corrected chi connectivity index (χ2v) is 9.80. The summed E-state index contributed by atoms with van der Waals surface area (Å²) in [5.74, 6) is -1.35. The van der Waals surface area contributed by atoms with Gasteiger partial charge in [-0.25, -0.2) is 22.7 Å². The molecule has 0 bridgehead atoms. The van der Waals surface area contributed by atoms with Gasteiger partial charge in [0.25, 0.3) is 0 Å². The van der Waals surface area contributed by atoms with E-state index in [1.165, 1.54) is 23.9 Å². The maximum absolute atomic E-state index is 13.5. The molecule has 0 saturated carbocycles. The van der Waals surface area contributed by atoms with Crippen molar-refractivity contribution in [3.8, 4) is 0 Å². The molecule has 0 radical (unpaired) electrons. The fourth-order valence-electron chi connectivity index (χ4n) is 2.16. The molecule has 0 saturated heterocycles. The van der Waals surface area contributed by atoms with Gasteiger partial charge < -0.3 is 0 Å². The summed E-state index contributed by atoms with van der Waals surface area (Å²) in [5.41, 5.74) is 0.782. The summed E-state index contributed by atoms with van der Waals surface area (Å²) in [5, 5.41) is 0.809. The van der Waals surface area contributed by atoms with Gasteiger partial charge in [0.2, 0.25) is 0 Å². The van der Waals surface area contributed by atoms with E-state index in [0.717, 1.165) is 6.07 Å². The molecule has 0 amide bonds. The molecule has 4 nitrogen and oxygen atoms in total. The Bertz CT molecular complexity index is 795. The standard InChI is InChI=1S/C17H20ClF2N3OS2/c1-17(2,3)26(24)23-13(7-10-5-11(19)8-12(20)6-10)15-16(18)22-14(25-4)9-21-15/h5-6,8-9,13,23H,7H2,1-4H3. The van der Waals surface area contributed by atoms with Crippen molar-refractivity contribution in [3.05, 3.63) is 52.4 Å². The van der Waals surface area contributed by atoms with Crippen molar-refractivity contribution < 1.29 is 13.0 Å². The number of hydrogen-bond donors (Lipinski definition) is 1. The van der Waals surface area contributed by atoms with Gasteiger partial charge in [0.1, 0.15) is 16.7 Å². The van der Waals surface area contributed by atoms with Crippen molar-refractivity contribution in [2.45, 2.75) is 43.0 Å². The van der Waals surface area contributed by atoms with Crippen LogP contribution in [0.5, 0.6) is 0 Å². The molecular weight excluding hydrogens is 400 g/mol. The average molecular weight is 420 g/mol. The molecule has 0 aliphatic heterocycles. The van der Waals surface area contributed by atoms with Gasteiger partial charge in [-0.3, -0.25) is 4.98 Å². The number of rotatable bonds is 6. The minimum Gasteiger partial charge on any atom is -0.254 e. The first-order valence-electron chi connectivity index (χ1n) is 7.79. The second-order valence-electron chi connectivity index (χ2n) is 6.62. The van der Waals surface area contributed by atoms with Crippen molar-refractivity contribution in [1.29, 1.82) is 0 Å². The molecule has 1 N–H and O–H groups in total. The molecule has 1 heterocycles. The van der Waals surface area contributed by atoms with Gasteiger partial charge in [0.15, 0.2) is 5.15 Å². The maximum atomic E-state index is 13.5. The molecule has 2 unspecified atom stereocenters. The van der Waals surface area contributed by atoms with Crippen LogP contribution in [0, 0.1) is 11.6 Å². The van der Waals surface area contributed by atoms with Crippen LogP contribution in [-0.4, -0.2) is 25.2 Å². The smallest absolute Gasteiger partial charge is 0.153 e. The minimum absolute atomic E-state index is 0.156. The monoisotopic (exact) mass is 419 g/mol. The van der Waals surface area contributed by atoms with Crippen molar-refractivity contribution in [1.82, 2.24) is 14.7 Å². The van der Waals surface area contributed by atoms with E-state index in [4.69, 9.17) is 11.6 Å². The molecule has 1 aromatic carbocycles. The summed E-state index contributed by atoms with van der Waals surface area (Å²) in [6.07, 6.45) is 3.57. The Hall–Kier alpha value is -1.09. The van der Waals surface area contributed by atoms with Crippen molar-refractivity contribution in [2.24, 2.45) is 0 Å². The zero-order valence-electron chi connectivity index (χ0n) is 14.8. The van der Waals surface area contributed by atoms with Crippen LogP contribution in [-0.2, 0) is 17.4 Å². The van der Waals surface area contributed by atoms with E-state index in [9.17, 15) is 13.0 Å². The van der Waals surface area contributed by atoms with Gasteiger partial charge in [0.05, 0.1) is 33.7 Å². The lowest BCUT2D eigenvalue weighted by Crippen LogP contribution is -2.37. The SMILES string of the molecule is CSc1cnc(C(Cc2cc(F)cc(F)c2)NS(=O)C(C)(C)C)c(Cl)n1. The Labute approximate surface area is 163 Å². The summed E-state index contributed by atoms with van der Waals surface area (Å²) < 4.78 is 42.1. The molecule has 2 rings (SSSR count). The second kappa shape index (κ2) is 8.73. The van der Waals surface area contributed by atoms with E-state index < -0.39 is 33.4 Å². The van der Waals surface area contributed by atoms with E-state index >= 15 is 0 Å². The molecule has 0 fully saturated rings. The van der Waals surface area contributed by atoms with Crippen LogP contribution >= 0.6 is 23.4 Å². The van der Waals surface area contributed by atoms with Crippen LogP contribution in [0.2, 0.25) is 5.15 Å². The number of nitrogens with one attached hydrogen (secondary N) is 1. The average Bonchev–Trinajstić information content (AvgIpc) is 2.52. The Balaban J connectivity index is 2.40. The fourth-order valence-corrected chi connectivity index (χ4v) is 3.63. The number of thioether (sulfide) groups is 1. The van der Waals surface area contributed by atoms with Crippen LogP contribution in [0.1, 0.15) is 38.1 Å². The molecule has 0 spiro atoms. The molecule has 142 valence electrons. The summed E-state index contributed by atoms with van der Waals surface area (Å²) in [4.78, 5) is 8.56. The summed E-state index contributed by atoms with van der Waals surface area (Å²) in [6.45, 7) is 5.46. The molecule has 0 aliphatic rings. The third-order valence-corrected chi connectivity index (χ3v) is 5.94. The first-order chi connectivity index (χ1) is 12.1. The first-order valence-corrected chi connectivity index (χ1v) is 10.5. The fraction of sp³-hybridized carbons (Fsp3) is 0.412. The third kappa shape index (κ3) is 5.70. The van der Waals surface area contributed by atoms with E-state index in [2.05, 4.69) is 14.7 Å². The van der Waals surface area contributed by atoms with Crippen LogP contribution in [0.25, 0.3) is 0 Å². The van der Waals surface area contributed by atoms with E-state index in [-0.39, 0.29) is 11.6 Å². The minimum atomic E-state index is -1.44. The van der Waals surface area contributed by atoms with E-state index in [0.29, 0.717) is 16.3 Å². The van der Waals surface area contributed by atoms with Crippen molar-refractivity contribution in [2.75, 3.05) is 6.26 Å². The lowest BCUT2D eigenvalue weighted by atomic mass is 10.0. The lowest BCUT2D eigenvalue weighted by Gasteiger charge is -2.24. The zero-order valence-corrected chi connectivity index (χ0v) is 17.2. The quantitative estimate of drug-likeness (QED) is 0.702. The molecule has 9 heteroatoms. The van der Waals surface area contributed by atoms with Gasteiger partial charge in [-0.15, -0.1) is 11.8 Å². The van der Waals surface area contributed by atoms with Crippen LogP contribution in [0.4, 0.5) is 8.78 Å². The van der Waals surface area contributed by atoms with Gasteiger partial charge >= 0.3 is 0 Å². The lowest BCUT2D eigenvalue weighted by molar-refractivity contribution is 0.564. The summed E-state index contributed by atoms with van der Waals surface area (Å²) >= 11 is 7.65. The van der Waals surface area contributed by atoms with E-state index in [1.54, 1.807) is 6.20 Å². The first kappa shape index (κ1) is 21.2. The predicted octanol–water partition coefficient (Wildman–Crippen LogP) is 4.47. The van der Waals surface area contributed by atoms with Crippen LogP contribution in [0.3, 0.4) is 0 Å². The number of halogens is 3. The van der Waals surface area contributed by atoms with E-state index in [1.807, 2.05) is 27.0 Å². The van der Waals surface area contributed by atoms with Gasteiger partial charge in [-0.2, -0.15) is 0 Å². The highest BCUT2D eigenvalue weighted by atomic mass is 35.5. The Morgan fingerprint density at radius 2 is 1.88 bits per heavy atom. The highest BCUT2D eigenvalue weighted by Crippen LogP contribution is 2.27. The van der Waals surface area contributed by atoms with Crippen molar-refractivity contribution >= 4 is 34.3 Å². The third-order valence-electron chi connectivity index (χ3n) is 3.44. The number of benzene rings is 1. The highest BCUT2D eigenvalue weighted by molar-refractivity contribution is 7.98. The van der Waals surface area contributed by atoms with Gasteiger partial charge in [-0.05, 0) is 51.1 Å². The Kier molecular flexibility index (Phi) is 7.12. The topological polar surface area (TPSA) is 54.9 Å². The number of hydrogen-bond acceptors (Lipinski definition) is 4. The van der Waals surface area contributed by atoms with Gasteiger partial charge in [-0.1, -0.05) is 11.6 Å². The molecule has 1 aromatic heterocycles. The largest absolute Gasteiger partial charge is 0.254 e. The molecule has 26 heavy (non-hydrogen) atoms. The Morgan fingerprint density at radius 3 is 2.38 bits per heavy atom. The molecule has 0 aliphatic carbocycles. The summed E-state index contributed by atoms with van der Waals surface area (Å²) in [7, 11) is -1.44. The zero-order chi connectivity index (χ0) is 19.5. The molecule has 2 atom stereocenters.